The molecule has 3 aromatic carbocycles. The molecule has 15 aromatic heterocycles. The van der Waals surface area contributed by atoms with Crippen molar-refractivity contribution in [3.05, 3.63) is 227 Å². The Kier molecular flexibility index (Phi) is 19.7. The Balaban J connectivity index is 0.000000139. The van der Waals surface area contributed by atoms with Crippen LogP contribution in [-0.4, -0.2) is 122 Å². The van der Waals surface area contributed by atoms with Gasteiger partial charge in [0, 0.05) is 97.2 Å². The molecule has 0 amide bonds. The molecule has 0 aliphatic carbocycles. The third-order valence-electron chi connectivity index (χ3n) is 17.0. The van der Waals surface area contributed by atoms with Crippen LogP contribution in [0.4, 0.5) is 0 Å². The van der Waals surface area contributed by atoms with Crippen molar-refractivity contribution in [2.24, 2.45) is 0 Å². The second kappa shape index (κ2) is 28.8. The van der Waals surface area contributed by atoms with E-state index in [1.165, 1.54) is 0 Å². The Labute approximate surface area is 616 Å². The largest absolute Gasteiger partial charge is 0.514 e. The highest BCUT2D eigenvalue weighted by Crippen LogP contribution is 2.38. The summed E-state index contributed by atoms with van der Waals surface area (Å²) in [6.45, 7) is 8.19. The molecule has 23 nitrogen and oxygen atoms in total. The fraction of sp³-hybridized carbons (Fsp3) is 0.122. The van der Waals surface area contributed by atoms with Crippen LogP contribution in [0.5, 0.6) is 0 Å². The van der Waals surface area contributed by atoms with E-state index in [2.05, 4.69) is 90.0 Å². The van der Waals surface area contributed by atoms with Crippen LogP contribution in [0.1, 0.15) is 50.0 Å². The summed E-state index contributed by atoms with van der Waals surface area (Å²) in [4.78, 5) is 84.7. The van der Waals surface area contributed by atoms with Gasteiger partial charge in [0.05, 0.1) is 49.9 Å². The number of hydrogen-bond acceptors (Lipinski definition) is 21. The summed E-state index contributed by atoms with van der Waals surface area (Å²) in [6.07, 6.45) is 12.3. The molecule has 0 bridgehead atoms. The maximum atomic E-state index is 6.11. The third-order valence-corrected chi connectivity index (χ3v) is 18.0. The highest BCUT2D eigenvalue weighted by atomic mass is 79.9. The van der Waals surface area contributed by atoms with Crippen molar-refractivity contribution in [3.8, 4) is 34.9 Å². The topological polar surface area (TPSA) is 273 Å². The normalized spacial score (nSPS) is 12.9. The van der Waals surface area contributed by atoms with Crippen molar-refractivity contribution in [2.75, 3.05) is 0 Å². The van der Waals surface area contributed by atoms with E-state index in [1.807, 2.05) is 170 Å². The molecule has 0 spiro atoms. The van der Waals surface area contributed by atoms with Crippen LogP contribution in [0.25, 0.3) is 144 Å². The van der Waals surface area contributed by atoms with Gasteiger partial charge in [-0.3, -0.25) is 19.9 Å². The second-order valence-corrected chi connectivity index (χ2v) is 25.7. The molecule has 18 aromatic rings. The summed E-state index contributed by atoms with van der Waals surface area (Å²) in [5.74, 6) is 1.40. The van der Waals surface area contributed by atoms with E-state index < -0.39 is 7.12 Å². The summed E-state index contributed by atoms with van der Waals surface area (Å²) in [5, 5.41) is 10.1. The zero-order valence-electron chi connectivity index (χ0n) is 52.7. The van der Waals surface area contributed by atoms with Gasteiger partial charge in [-0.25, -0.2) is 39.0 Å². The molecule has 16 heterocycles. The van der Waals surface area contributed by atoms with Crippen molar-refractivity contribution in [3.63, 3.8) is 0 Å². The van der Waals surface area contributed by atoms with Gasteiger partial charge in [0.1, 0.15) is 34.0 Å². The van der Waals surface area contributed by atoms with Gasteiger partial charge in [0.15, 0.2) is 11.6 Å². The molecule has 1 aliphatic heterocycles. The first-order chi connectivity index (χ1) is 48.6. The van der Waals surface area contributed by atoms with E-state index in [-0.39, 0.29) is 54.6 Å². The molecule has 0 atom stereocenters. The van der Waals surface area contributed by atoms with Crippen molar-refractivity contribution in [1.29, 1.82) is 0 Å². The van der Waals surface area contributed by atoms with Crippen molar-refractivity contribution in [2.45, 2.75) is 61.2 Å². The third kappa shape index (κ3) is 13.5. The maximum absolute atomic E-state index is 6.11. The molecule has 0 saturated carbocycles. The van der Waals surface area contributed by atoms with Gasteiger partial charge in [0.2, 0.25) is 37.8 Å². The molecular formula is C74H57BBrCl4N21O2. The Morgan fingerprint density at radius 2 is 0.621 bits per heavy atom. The van der Waals surface area contributed by atoms with Gasteiger partial charge >= 0.3 is 7.12 Å². The molecule has 0 N–H and O–H groups in total. The summed E-state index contributed by atoms with van der Waals surface area (Å²) in [7, 11) is -0.455. The Bertz CT molecular complexity index is 5970. The van der Waals surface area contributed by atoms with Gasteiger partial charge in [-0.1, -0.05) is 95.1 Å². The zero-order valence-corrected chi connectivity index (χ0v) is 57.3. The predicted octanol–water partition coefficient (Wildman–Crippen LogP) is 17.3. The van der Waals surface area contributed by atoms with Crippen LogP contribution in [0.15, 0.2) is 206 Å². The number of fused-ring (bicyclic) bond motifs is 15. The van der Waals surface area contributed by atoms with Crippen LogP contribution in [0, 0.1) is 0 Å². The van der Waals surface area contributed by atoms with E-state index in [9.17, 15) is 0 Å². The molecule has 1 aliphatic rings. The highest BCUT2D eigenvalue weighted by molar-refractivity contribution is 9.10. The molecule has 19 rings (SSSR count). The summed E-state index contributed by atoms with van der Waals surface area (Å²) < 4.78 is 16.3. The van der Waals surface area contributed by atoms with Crippen molar-refractivity contribution < 1.29 is 9.31 Å². The average molecular weight is 1500 g/mol. The molecule has 1 fully saturated rings. The lowest BCUT2D eigenvalue weighted by Gasteiger charge is -2.32. The number of benzene rings is 3. The highest BCUT2D eigenvalue weighted by Gasteiger charge is 2.52. The minimum Gasteiger partial charge on any atom is -0.398 e. The minimum absolute atomic E-state index is 0. The van der Waals surface area contributed by atoms with Gasteiger partial charge in [-0.15, -0.1) is 0 Å². The second-order valence-electron chi connectivity index (χ2n) is 23.6. The lowest BCUT2D eigenvalue weighted by Crippen LogP contribution is -2.41. The number of rotatable bonds is 5. The van der Waals surface area contributed by atoms with E-state index in [1.54, 1.807) is 43.4 Å². The Hall–Kier alpha value is -11.0. The van der Waals surface area contributed by atoms with Gasteiger partial charge in [-0.05, 0) is 175 Å². The first kappa shape index (κ1) is 70.4. The van der Waals surface area contributed by atoms with Crippen LogP contribution in [0.2, 0.25) is 21.1 Å². The fourth-order valence-electron chi connectivity index (χ4n) is 11.7. The molecule has 1 saturated heterocycles. The Morgan fingerprint density at radius 1 is 0.320 bits per heavy atom. The number of pyridine rings is 10. The summed E-state index contributed by atoms with van der Waals surface area (Å²) in [5.41, 5.74) is 8.87. The first-order valence-electron chi connectivity index (χ1n) is 30.8. The van der Waals surface area contributed by atoms with Crippen molar-refractivity contribution in [1.82, 2.24) is 104 Å². The summed E-state index contributed by atoms with van der Waals surface area (Å²) in [6, 6.07) is 51.5. The number of aromatic nitrogens is 21. The predicted molar refractivity (Wildman–Crippen MR) is 412 cm³/mol. The maximum Gasteiger partial charge on any atom is 0.514 e. The van der Waals surface area contributed by atoms with Crippen LogP contribution >= 0.6 is 62.3 Å². The average Bonchev–Trinajstić information content (AvgIpc) is 1.62. The van der Waals surface area contributed by atoms with Gasteiger partial charge in [0.25, 0.3) is 0 Å². The van der Waals surface area contributed by atoms with E-state index >= 15 is 0 Å². The lowest BCUT2D eigenvalue weighted by atomic mass is 9.84. The lowest BCUT2D eigenvalue weighted by molar-refractivity contribution is 0.00578. The molecule has 29 heteroatoms. The van der Waals surface area contributed by atoms with Gasteiger partial charge < -0.3 is 9.31 Å². The molecule has 103 heavy (non-hydrogen) atoms. The fourth-order valence-corrected chi connectivity index (χ4v) is 12.9. The Morgan fingerprint density at radius 3 is 0.990 bits per heavy atom. The van der Waals surface area contributed by atoms with Crippen LogP contribution < -0.4 is 5.59 Å². The van der Waals surface area contributed by atoms with E-state index in [0.29, 0.717) is 62.3 Å². The minimum atomic E-state index is -0.455. The van der Waals surface area contributed by atoms with Crippen LogP contribution in [0.3, 0.4) is 0 Å². The zero-order chi connectivity index (χ0) is 68.4. The van der Waals surface area contributed by atoms with Crippen LogP contribution in [-0.2, 0) is 9.31 Å². The van der Waals surface area contributed by atoms with Crippen molar-refractivity contribution >= 4 is 185 Å². The quantitative estimate of drug-likeness (QED) is 0.114. The molecule has 0 unspecified atom stereocenters. The molecule has 0 radical (unpaired) electrons. The number of hydrogen-bond donors (Lipinski definition) is 0. The molecule has 508 valence electrons. The molecular weight excluding hydrogens is 1450 g/mol. The van der Waals surface area contributed by atoms with Gasteiger partial charge in [-0.2, -0.15) is 44.9 Å². The number of halogens is 5. The monoisotopic (exact) mass is 1500 g/mol. The smallest absolute Gasteiger partial charge is 0.398 e. The SMILES string of the molecule is C.C.C.CC1(C)OB(c2ccc3ccc4cccnc4c3n2)OC1(C)C.Clc1nc(Cl)nc(-c2ccc3ccc4cccnc4c3n2)n1.Clc1nc(Cl)nc(Br)n1.c1cnc2c(c1)ccc1ccc(-c3nc(-n4c5ncccc5c5cccnc54)nc(-n4c5ncccc5c5cccnc54)n3)nc12. The summed E-state index contributed by atoms with van der Waals surface area (Å²) >= 11 is 25.4. The first-order valence-corrected chi connectivity index (χ1v) is 33.2. The van der Waals surface area contributed by atoms with E-state index in [4.69, 9.17) is 101 Å². The van der Waals surface area contributed by atoms with E-state index in [0.717, 1.165) is 92.6 Å². The number of nitrogens with zero attached hydrogens (tertiary/aromatic N) is 21. The standard InChI is InChI=1S/C35H19N11.C18H19BN2O2.C15H7Cl2N5.C3BrCl2N3.3CH4/c1-6-20-11-12-21-13-14-26(41-28(21)27(20)36-15-1)29-42-34(45-30-22(7-2-16-37-30)23-8-3-17-38-31(23)45)44-35(43-29)46-32-24(9-4-18-39-32)25-10-5-19-40-33(25)46;1-17(2)18(3,4)23-19(22-17)14-10-9-13-8-7-12-6-5-11-20-15(12)16(13)21-14;16-14-20-13(21-15(17)22-14)10-6-5-9-4-3-8-2-1-7-18-11(8)12(9)19-10;4-1-7-2(5)9-3(6)8-1;;;/h1-19H;5-11H,1-4H3;1-7H;;3*1H4.